The fraction of sp³-hybridized carbons (Fsp3) is 0.214. The Hall–Kier alpha value is -3.10. The molecule has 0 atom stereocenters. The van der Waals surface area contributed by atoms with Crippen molar-refractivity contribution in [3.05, 3.63) is 58.2 Å². The van der Waals surface area contributed by atoms with Gasteiger partial charge in [-0.3, -0.25) is 14.9 Å². The van der Waals surface area contributed by atoms with Crippen LogP contribution in [0.2, 0.25) is 0 Å². The fourth-order valence-electron chi connectivity index (χ4n) is 1.69. The van der Waals surface area contributed by atoms with Gasteiger partial charge >= 0.3 is 6.01 Å². The van der Waals surface area contributed by atoms with Crippen molar-refractivity contribution < 1.29 is 18.8 Å². The van der Waals surface area contributed by atoms with Gasteiger partial charge < -0.3 is 10.1 Å². The van der Waals surface area contributed by atoms with Crippen LogP contribution >= 0.6 is 0 Å². The molecule has 2 rings (SSSR count). The first kappa shape index (κ1) is 16.3. The number of carbonyl (C=O) groups is 1. The molecule has 1 amide bonds. The first-order valence-corrected chi connectivity index (χ1v) is 6.70. The molecule has 0 bridgehead atoms. The lowest BCUT2D eigenvalue weighted by Gasteiger charge is -2.07. The number of hydrogen-bond acceptors (Lipinski definition) is 6. The number of nitro groups is 1. The minimum Gasteiger partial charge on any atom is -0.463 e. The second-order valence-electron chi connectivity index (χ2n) is 4.41. The zero-order valence-corrected chi connectivity index (χ0v) is 11.9. The van der Waals surface area contributed by atoms with Crippen LogP contribution in [0.3, 0.4) is 0 Å². The van der Waals surface area contributed by atoms with Gasteiger partial charge in [-0.25, -0.2) is 14.4 Å². The highest BCUT2D eigenvalue weighted by Crippen LogP contribution is 2.16. The van der Waals surface area contributed by atoms with Gasteiger partial charge in [-0.1, -0.05) is 0 Å². The number of nitrogens with zero attached hydrogens (tertiary/aromatic N) is 3. The summed E-state index contributed by atoms with van der Waals surface area (Å²) < 4.78 is 18.8. The van der Waals surface area contributed by atoms with Crippen molar-refractivity contribution in [1.82, 2.24) is 15.3 Å². The Bertz CT molecular complexity index is 696. The van der Waals surface area contributed by atoms with Crippen LogP contribution in [0.4, 0.5) is 10.1 Å². The molecule has 0 saturated heterocycles. The predicted octanol–water partition coefficient (Wildman–Crippen LogP) is 1.72. The minimum atomic E-state index is -0.818. The average molecular weight is 320 g/mol. The maximum Gasteiger partial charge on any atom is 0.316 e. The number of benzene rings is 1. The SMILES string of the molecule is O=C(NCCCOc1ncccn1)c1cc([N+](=O)[O-])ccc1F. The molecule has 120 valence electrons. The van der Waals surface area contributed by atoms with E-state index < -0.39 is 16.6 Å². The number of nitrogens with one attached hydrogen (secondary N) is 1. The third-order valence-electron chi connectivity index (χ3n) is 2.79. The lowest BCUT2D eigenvalue weighted by atomic mass is 10.1. The Labute approximate surface area is 130 Å². The van der Waals surface area contributed by atoms with E-state index in [1.807, 2.05) is 0 Å². The smallest absolute Gasteiger partial charge is 0.316 e. The lowest BCUT2D eigenvalue weighted by Crippen LogP contribution is -2.26. The molecule has 9 heteroatoms. The summed E-state index contributed by atoms with van der Waals surface area (Å²) in [5.74, 6) is -1.54. The summed E-state index contributed by atoms with van der Waals surface area (Å²) in [6, 6.07) is 4.67. The van der Waals surface area contributed by atoms with Crippen LogP contribution in [0.15, 0.2) is 36.7 Å². The Balaban J connectivity index is 1.81. The van der Waals surface area contributed by atoms with Crippen LogP contribution < -0.4 is 10.1 Å². The normalized spacial score (nSPS) is 10.1. The molecule has 0 aliphatic heterocycles. The first-order chi connectivity index (χ1) is 11.1. The van der Waals surface area contributed by atoms with Crippen LogP contribution in [-0.4, -0.2) is 34.0 Å². The predicted molar refractivity (Wildman–Crippen MR) is 77.5 cm³/mol. The molecule has 23 heavy (non-hydrogen) atoms. The Kier molecular flexibility index (Phi) is 5.50. The molecule has 0 aliphatic rings. The summed E-state index contributed by atoms with van der Waals surface area (Å²) in [4.78, 5) is 29.5. The number of hydrogen-bond donors (Lipinski definition) is 1. The van der Waals surface area contributed by atoms with Gasteiger partial charge in [0, 0.05) is 31.1 Å². The van der Waals surface area contributed by atoms with E-state index in [1.54, 1.807) is 6.07 Å². The second kappa shape index (κ2) is 7.78. The second-order valence-corrected chi connectivity index (χ2v) is 4.41. The lowest BCUT2D eigenvalue weighted by molar-refractivity contribution is -0.384. The summed E-state index contributed by atoms with van der Waals surface area (Å²) in [6.45, 7) is 0.482. The number of non-ortho nitro benzene ring substituents is 1. The van der Waals surface area contributed by atoms with E-state index in [9.17, 15) is 19.3 Å². The molecule has 1 heterocycles. The summed E-state index contributed by atoms with van der Waals surface area (Å²) in [7, 11) is 0. The standard InChI is InChI=1S/C14H13FN4O4/c15-12-4-3-10(19(21)22)9-11(12)13(20)16-7-2-8-23-14-17-5-1-6-18-14/h1,3-6,9H,2,7-8H2,(H,16,20). The molecule has 0 radical (unpaired) electrons. The topological polar surface area (TPSA) is 107 Å². The molecule has 1 N–H and O–H groups in total. The van der Waals surface area contributed by atoms with E-state index >= 15 is 0 Å². The van der Waals surface area contributed by atoms with Crippen LogP contribution in [0.5, 0.6) is 6.01 Å². The maximum atomic E-state index is 13.6. The quantitative estimate of drug-likeness (QED) is 0.473. The van der Waals surface area contributed by atoms with Crippen molar-refractivity contribution in [2.45, 2.75) is 6.42 Å². The van der Waals surface area contributed by atoms with Crippen molar-refractivity contribution in [3.63, 3.8) is 0 Å². The largest absolute Gasteiger partial charge is 0.463 e. The first-order valence-electron chi connectivity index (χ1n) is 6.70. The highest BCUT2D eigenvalue weighted by molar-refractivity contribution is 5.95. The average Bonchev–Trinajstić information content (AvgIpc) is 2.55. The van der Waals surface area contributed by atoms with E-state index in [2.05, 4.69) is 15.3 Å². The van der Waals surface area contributed by atoms with Crippen molar-refractivity contribution in [2.75, 3.05) is 13.2 Å². The van der Waals surface area contributed by atoms with Crippen molar-refractivity contribution in [1.29, 1.82) is 0 Å². The van der Waals surface area contributed by atoms with Crippen molar-refractivity contribution in [3.8, 4) is 6.01 Å². The number of carbonyl (C=O) groups excluding carboxylic acids is 1. The van der Waals surface area contributed by atoms with E-state index in [0.717, 1.165) is 18.2 Å². The third kappa shape index (κ3) is 4.70. The van der Waals surface area contributed by atoms with Gasteiger partial charge in [-0.05, 0) is 18.6 Å². The number of ether oxygens (including phenoxy) is 1. The van der Waals surface area contributed by atoms with Crippen molar-refractivity contribution >= 4 is 11.6 Å². The van der Waals surface area contributed by atoms with Gasteiger partial charge in [0.15, 0.2) is 0 Å². The van der Waals surface area contributed by atoms with Crippen LogP contribution in [-0.2, 0) is 0 Å². The molecule has 0 aliphatic carbocycles. The molecular formula is C14H13FN4O4. The molecule has 0 saturated carbocycles. The summed E-state index contributed by atoms with van der Waals surface area (Å²) in [5, 5.41) is 13.1. The van der Waals surface area contributed by atoms with Gasteiger partial charge in [0.25, 0.3) is 11.6 Å². The molecule has 1 aromatic carbocycles. The monoisotopic (exact) mass is 320 g/mol. The summed E-state index contributed by atoms with van der Waals surface area (Å²) in [5.41, 5.74) is -0.715. The van der Waals surface area contributed by atoms with Gasteiger partial charge in [-0.2, -0.15) is 0 Å². The molecule has 1 aromatic heterocycles. The van der Waals surface area contributed by atoms with Crippen LogP contribution in [0, 0.1) is 15.9 Å². The molecule has 8 nitrogen and oxygen atoms in total. The molecule has 0 spiro atoms. The molecule has 0 fully saturated rings. The highest BCUT2D eigenvalue weighted by atomic mass is 19.1. The maximum absolute atomic E-state index is 13.6. The van der Waals surface area contributed by atoms with Crippen LogP contribution in [0.1, 0.15) is 16.8 Å². The molecule has 2 aromatic rings. The van der Waals surface area contributed by atoms with E-state index in [1.165, 1.54) is 12.4 Å². The van der Waals surface area contributed by atoms with Gasteiger partial charge in [0.1, 0.15) is 5.82 Å². The fourth-order valence-corrected chi connectivity index (χ4v) is 1.69. The van der Waals surface area contributed by atoms with Gasteiger partial charge in [-0.15, -0.1) is 0 Å². The molecular weight excluding hydrogens is 307 g/mol. The highest BCUT2D eigenvalue weighted by Gasteiger charge is 2.16. The van der Waals surface area contributed by atoms with E-state index in [0.29, 0.717) is 6.42 Å². The van der Waals surface area contributed by atoms with Gasteiger partial charge in [0.2, 0.25) is 0 Å². The summed E-state index contributed by atoms with van der Waals surface area (Å²) >= 11 is 0. The number of rotatable bonds is 7. The summed E-state index contributed by atoms with van der Waals surface area (Å²) in [6.07, 6.45) is 3.52. The number of amides is 1. The minimum absolute atomic E-state index is 0.216. The Morgan fingerprint density at radius 1 is 1.35 bits per heavy atom. The van der Waals surface area contributed by atoms with Gasteiger partial charge in [0.05, 0.1) is 17.1 Å². The van der Waals surface area contributed by atoms with E-state index in [4.69, 9.17) is 4.74 Å². The Morgan fingerprint density at radius 2 is 2.09 bits per heavy atom. The molecule has 0 unspecified atom stereocenters. The number of nitro benzene ring substituents is 1. The number of halogens is 1. The zero-order valence-electron chi connectivity index (χ0n) is 11.9. The Morgan fingerprint density at radius 3 is 2.78 bits per heavy atom. The van der Waals surface area contributed by atoms with Crippen LogP contribution in [0.25, 0.3) is 0 Å². The zero-order chi connectivity index (χ0) is 16.7. The third-order valence-corrected chi connectivity index (χ3v) is 2.79. The number of aromatic nitrogens is 2. The van der Waals surface area contributed by atoms with Crippen molar-refractivity contribution in [2.24, 2.45) is 0 Å². The van der Waals surface area contributed by atoms with E-state index in [-0.39, 0.29) is 30.4 Å².